The van der Waals surface area contributed by atoms with Gasteiger partial charge < -0.3 is 5.32 Å². The van der Waals surface area contributed by atoms with Crippen LogP contribution in [0.5, 0.6) is 0 Å². The Hall–Kier alpha value is -4.25. The third-order valence-corrected chi connectivity index (χ3v) is 5.88. The molecular formula is C28H21FN2O2. The minimum Gasteiger partial charge on any atom is -0.350 e. The summed E-state index contributed by atoms with van der Waals surface area (Å²) in [6.45, 7) is 3.86. The fourth-order valence-electron chi connectivity index (χ4n) is 4.31. The van der Waals surface area contributed by atoms with Crippen LogP contribution in [0, 0.1) is 19.7 Å². The third kappa shape index (κ3) is 3.48. The molecular weight excluding hydrogens is 415 g/mol. The normalized spacial score (nSPS) is 13.8. The number of amides is 2. The van der Waals surface area contributed by atoms with Crippen molar-refractivity contribution < 1.29 is 14.0 Å². The molecule has 0 fully saturated rings. The molecule has 0 aliphatic carbocycles. The molecule has 0 unspecified atom stereocenters. The third-order valence-electron chi connectivity index (χ3n) is 5.88. The van der Waals surface area contributed by atoms with Crippen molar-refractivity contribution in [3.05, 3.63) is 113 Å². The van der Waals surface area contributed by atoms with Crippen molar-refractivity contribution in [2.45, 2.75) is 13.8 Å². The van der Waals surface area contributed by atoms with Crippen LogP contribution in [0.15, 0.2) is 90.6 Å². The molecule has 0 saturated carbocycles. The first-order valence-electron chi connectivity index (χ1n) is 10.7. The van der Waals surface area contributed by atoms with Gasteiger partial charge in [0.1, 0.15) is 11.5 Å². The number of hydrogen-bond donors (Lipinski definition) is 1. The number of imide groups is 1. The minimum atomic E-state index is -0.634. The zero-order valence-electron chi connectivity index (χ0n) is 18.2. The molecule has 1 aliphatic heterocycles. The van der Waals surface area contributed by atoms with Gasteiger partial charge in [-0.25, -0.2) is 9.29 Å². The second-order valence-electron chi connectivity index (χ2n) is 8.12. The lowest BCUT2D eigenvalue weighted by atomic mass is 9.97. The number of rotatable bonds is 4. The van der Waals surface area contributed by atoms with Crippen molar-refractivity contribution in [2.75, 3.05) is 10.2 Å². The van der Waals surface area contributed by atoms with Crippen LogP contribution in [0.1, 0.15) is 16.7 Å². The number of para-hydroxylation sites is 1. The van der Waals surface area contributed by atoms with Gasteiger partial charge in [-0.05, 0) is 48.6 Å². The topological polar surface area (TPSA) is 49.4 Å². The summed E-state index contributed by atoms with van der Waals surface area (Å²) in [5.74, 6) is -1.78. The van der Waals surface area contributed by atoms with Gasteiger partial charge in [-0.15, -0.1) is 0 Å². The Labute approximate surface area is 191 Å². The molecule has 0 radical (unpaired) electrons. The Kier molecular flexibility index (Phi) is 5.02. The molecule has 1 N–H and O–H groups in total. The number of halogens is 1. The van der Waals surface area contributed by atoms with Crippen LogP contribution < -0.4 is 10.2 Å². The number of carbonyl (C=O) groups excluding carboxylic acids is 2. The summed E-state index contributed by atoms with van der Waals surface area (Å²) in [7, 11) is 0. The highest BCUT2D eigenvalue weighted by Gasteiger charge is 2.41. The lowest BCUT2D eigenvalue weighted by molar-refractivity contribution is -0.120. The summed E-state index contributed by atoms with van der Waals surface area (Å²) in [6.07, 6.45) is 0. The highest BCUT2D eigenvalue weighted by Crippen LogP contribution is 2.37. The smallest absolute Gasteiger partial charge is 0.282 e. The maximum atomic E-state index is 14.6. The summed E-state index contributed by atoms with van der Waals surface area (Å²) in [6, 6.07) is 25.0. The Bertz CT molecular complexity index is 1470. The van der Waals surface area contributed by atoms with Gasteiger partial charge in [-0.1, -0.05) is 72.3 Å². The van der Waals surface area contributed by atoms with Gasteiger partial charge in [0.2, 0.25) is 0 Å². The first-order chi connectivity index (χ1) is 16.0. The Morgan fingerprint density at radius 2 is 1.52 bits per heavy atom. The number of anilines is 2. The van der Waals surface area contributed by atoms with Crippen LogP contribution in [-0.4, -0.2) is 11.8 Å². The lowest BCUT2D eigenvalue weighted by Crippen LogP contribution is -2.33. The van der Waals surface area contributed by atoms with E-state index < -0.39 is 17.6 Å². The highest BCUT2D eigenvalue weighted by atomic mass is 19.1. The van der Waals surface area contributed by atoms with Crippen molar-refractivity contribution in [3.63, 3.8) is 0 Å². The van der Waals surface area contributed by atoms with E-state index in [1.54, 1.807) is 6.07 Å². The fourth-order valence-corrected chi connectivity index (χ4v) is 4.31. The Morgan fingerprint density at radius 1 is 0.788 bits per heavy atom. The van der Waals surface area contributed by atoms with E-state index in [2.05, 4.69) is 5.32 Å². The number of carbonyl (C=O) groups is 2. The summed E-state index contributed by atoms with van der Waals surface area (Å²) in [5.41, 5.74) is 3.54. The van der Waals surface area contributed by atoms with Crippen molar-refractivity contribution in [1.29, 1.82) is 0 Å². The zero-order valence-corrected chi connectivity index (χ0v) is 18.2. The largest absolute Gasteiger partial charge is 0.350 e. The molecule has 4 aromatic rings. The van der Waals surface area contributed by atoms with Crippen molar-refractivity contribution in [3.8, 4) is 0 Å². The van der Waals surface area contributed by atoms with Crippen LogP contribution in [0.2, 0.25) is 0 Å². The van der Waals surface area contributed by atoms with Crippen LogP contribution >= 0.6 is 0 Å². The molecule has 5 heteroatoms. The van der Waals surface area contributed by atoms with Crippen molar-refractivity contribution in [2.24, 2.45) is 0 Å². The molecule has 33 heavy (non-hydrogen) atoms. The van der Waals surface area contributed by atoms with E-state index >= 15 is 0 Å². The van der Waals surface area contributed by atoms with E-state index in [4.69, 9.17) is 0 Å². The Balaban J connectivity index is 1.71. The van der Waals surface area contributed by atoms with Gasteiger partial charge in [0, 0.05) is 11.1 Å². The number of nitrogens with zero attached hydrogens (tertiary/aromatic N) is 1. The van der Waals surface area contributed by atoms with Gasteiger partial charge in [0.05, 0.1) is 11.3 Å². The van der Waals surface area contributed by atoms with E-state index in [0.29, 0.717) is 11.3 Å². The summed E-state index contributed by atoms with van der Waals surface area (Å²) in [5, 5.41) is 5.13. The van der Waals surface area contributed by atoms with E-state index in [0.717, 1.165) is 26.8 Å². The molecule has 1 aliphatic rings. The van der Waals surface area contributed by atoms with Crippen LogP contribution in [0.25, 0.3) is 16.3 Å². The molecule has 4 aromatic carbocycles. The predicted molar refractivity (Wildman–Crippen MR) is 129 cm³/mol. The van der Waals surface area contributed by atoms with Gasteiger partial charge in [0.25, 0.3) is 11.8 Å². The van der Waals surface area contributed by atoms with Gasteiger partial charge in [0.15, 0.2) is 0 Å². The first-order valence-corrected chi connectivity index (χ1v) is 10.7. The maximum Gasteiger partial charge on any atom is 0.282 e. The highest BCUT2D eigenvalue weighted by molar-refractivity contribution is 6.46. The molecule has 1 heterocycles. The standard InChI is InChI=1S/C28H21FN2O2/c1-17-14-15-20(18(2)16-17)25-26(30-23-12-7-9-19-8-3-4-10-21(19)23)28(33)31(27(25)32)24-13-6-5-11-22(24)29/h3-16,30H,1-2H3. The number of fused-ring (bicyclic) bond motifs is 1. The molecule has 0 spiro atoms. The molecule has 0 atom stereocenters. The maximum absolute atomic E-state index is 14.6. The molecule has 162 valence electrons. The van der Waals surface area contributed by atoms with E-state index in [1.807, 2.05) is 74.5 Å². The average Bonchev–Trinajstić information content (AvgIpc) is 3.04. The van der Waals surface area contributed by atoms with Gasteiger partial charge in [-0.3, -0.25) is 9.59 Å². The van der Waals surface area contributed by atoms with Crippen LogP contribution in [0.3, 0.4) is 0 Å². The van der Waals surface area contributed by atoms with Gasteiger partial charge in [-0.2, -0.15) is 0 Å². The number of aryl methyl sites for hydroxylation is 2. The van der Waals surface area contributed by atoms with E-state index in [1.165, 1.54) is 18.2 Å². The molecule has 0 bridgehead atoms. The molecule has 5 rings (SSSR count). The number of nitrogens with one attached hydrogen (secondary N) is 1. The monoisotopic (exact) mass is 436 g/mol. The van der Waals surface area contributed by atoms with Crippen molar-refractivity contribution in [1.82, 2.24) is 0 Å². The fraction of sp³-hybridized carbons (Fsp3) is 0.0714. The molecule has 0 saturated heterocycles. The van der Waals surface area contributed by atoms with Crippen LogP contribution in [-0.2, 0) is 9.59 Å². The molecule has 2 amide bonds. The number of benzene rings is 4. The second kappa shape index (κ2) is 8.02. The number of hydrogen-bond acceptors (Lipinski definition) is 3. The molecule has 4 nitrogen and oxygen atoms in total. The quantitative estimate of drug-likeness (QED) is 0.400. The second-order valence-corrected chi connectivity index (χ2v) is 8.12. The zero-order chi connectivity index (χ0) is 23.1. The average molecular weight is 436 g/mol. The van der Waals surface area contributed by atoms with Crippen LogP contribution in [0.4, 0.5) is 15.8 Å². The van der Waals surface area contributed by atoms with Crippen molar-refractivity contribution >= 4 is 39.5 Å². The summed E-state index contributed by atoms with van der Waals surface area (Å²) >= 11 is 0. The predicted octanol–water partition coefficient (Wildman–Crippen LogP) is 5.99. The van der Waals surface area contributed by atoms with E-state index in [9.17, 15) is 14.0 Å². The lowest BCUT2D eigenvalue weighted by Gasteiger charge is -2.16. The van der Waals surface area contributed by atoms with Gasteiger partial charge >= 0.3 is 0 Å². The summed E-state index contributed by atoms with van der Waals surface area (Å²) < 4.78 is 14.6. The Morgan fingerprint density at radius 3 is 2.30 bits per heavy atom. The van der Waals surface area contributed by atoms with E-state index in [-0.39, 0.29) is 17.0 Å². The SMILES string of the molecule is Cc1ccc(C2=C(Nc3cccc4ccccc34)C(=O)N(c3ccccc3F)C2=O)c(C)c1. The minimum absolute atomic E-state index is 0.0653. The summed E-state index contributed by atoms with van der Waals surface area (Å²) in [4.78, 5) is 28.1. The first kappa shape index (κ1) is 20.6. The molecule has 0 aromatic heterocycles.